The van der Waals surface area contributed by atoms with Crippen LogP contribution in [0.3, 0.4) is 0 Å². The van der Waals surface area contributed by atoms with Gasteiger partial charge >= 0.3 is 5.97 Å². The molecule has 1 saturated heterocycles. The summed E-state index contributed by atoms with van der Waals surface area (Å²) in [6.45, 7) is 5.77. The molecule has 0 aromatic heterocycles. The minimum absolute atomic E-state index is 0.0449. The quantitative estimate of drug-likeness (QED) is 0.929. The minimum atomic E-state index is -0.934. The summed E-state index contributed by atoms with van der Waals surface area (Å²) in [6, 6.07) is 6.80. The molecule has 2 atom stereocenters. The molecule has 0 aliphatic carbocycles. The van der Waals surface area contributed by atoms with Crippen LogP contribution >= 0.6 is 0 Å². The van der Waals surface area contributed by atoms with Crippen molar-refractivity contribution >= 4 is 11.9 Å². The number of methoxy groups -OCH3 is 1. The van der Waals surface area contributed by atoms with Gasteiger partial charge in [0.25, 0.3) is 0 Å². The van der Waals surface area contributed by atoms with E-state index in [0.29, 0.717) is 5.75 Å². The molecule has 1 aromatic rings. The number of rotatable bonds is 3. The van der Waals surface area contributed by atoms with Crippen LogP contribution in [0.1, 0.15) is 38.8 Å². The molecule has 2 unspecified atom stereocenters. The summed E-state index contributed by atoms with van der Waals surface area (Å²) in [4.78, 5) is 25.5. The van der Waals surface area contributed by atoms with Crippen molar-refractivity contribution in [1.82, 2.24) is 4.90 Å². The molecule has 0 spiro atoms. The van der Waals surface area contributed by atoms with Crippen molar-refractivity contribution in [2.75, 3.05) is 7.11 Å². The predicted octanol–water partition coefficient (Wildman–Crippen LogP) is 2.47. The van der Waals surface area contributed by atoms with Crippen LogP contribution in [0.25, 0.3) is 0 Å². The van der Waals surface area contributed by atoms with Crippen LogP contribution in [-0.2, 0) is 9.59 Å². The molecule has 21 heavy (non-hydrogen) atoms. The SMILES string of the molecule is COc1ccc(C2C(C(=O)O)CC(=O)N2C(C)(C)C)cc1. The van der Waals surface area contributed by atoms with Crippen molar-refractivity contribution in [3.63, 3.8) is 0 Å². The maximum Gasteiger partial charge on any atom is 0.309 e. The van der Waals surface area contributed by atoms with Crippen molar-refractivity contribution in [3.8, 4) is 5.75 Å². The molecule has 1 aromatic carbocycles. The monoisotopic (exact) mass is 291 g/mol. The van der Waals surface area contributed by atoms with E-state index in [2.05, 4.69) is 0 Å². The molecule has 5 nitrogen and oxygen atoms in total. The number of carbonyl (C=O) groups excluding carboxylic acids is 1. The van der Waals surface area contributed by atoms with Gasteiger partial charge in [0.2, 0.25) is 5.91 Å². The van der Waals surface area contributed by atoms with Gasteiger partial charge in [-0.25, -0.2) is 0 Å². The average molecular weight is 291 g/mol. The number of hydrogen-bond donors (Lipinski definition) is 1. The Balaban J connectivity index is 2.46. The number of carboxylic acid groups (broad SMARTS) is 1. The molecule has 114 valence electrons. The fraction of sp³-hybridized carbons (Fsp3) is 0.500. The van der Waals surface area contributed by atoms with E-state index in [1.165, 1.54) is 0 Å². The van der Waals surface area contributed by atoms with Gasteiger partial charge in [-0.2, -0.15) is 0 Å². The maximum atomic E-state index is 12.3. The van der Waals surface area contributed by atoms with Gasteiger partial charge in [-0.15, -0.1) is 0 Å². The molecule has 1 aliphatic heterocycles. The van der Waals surface area contributed by atoms with Gasteiger partial charge in [-0.1, -0.05) is 12.1 Å². The molecule has 0 bridgehead atoms. The summed E-state index contributed by atoms with van der Waals surface area (Å²) in [5.74, 6) is -1.06. The fourth-order valence-electron chi connectivity index (χ4n) is 2.93. The molecule has 0 saturated carbocycles. The van der Waals surface area contributed by atoms with Crippen LogP contribution in [0, 0.1) is 5.92 Å². The largest absolute Gasteiger partial charge is 0.497 e. The Kier molecular flexibility index (Phi) is 3.94. The van der Waals surface area contributed by atoms with Crippen molar-refractivity contribution in [2.45, 2.75) is 38.8 Å². The second-order valence-electron chi connectivity index (χ2n) is 6.30. The van der Waals surface area contributed by atoms with Crippen LogP contribution in [0.5, 0.6) is 5.75 Å². The first-order chi connectivity index (χ1) is 9.75. The van der Waals surface area contributed by atoms with Gasteiger partial charge in [0, 0.05) is 12.0 Å². The molecule has 1 aliphatic rings. The number of likely N-dealkylation sites (tertiary alicyclic amines) is 1. The Labute approximate surface area is 124 Å². The van der Waals surface area contributed by atoms with Crippen LogP contribution in [0.15, 0.2) is 24.3 Å². The number of carbonyl (C=O) groups is 2. The fourth-order valence-corrected chi connectivity index (χ4v) is 2.93. The molecule has 2 rings (SSSR count). The Bertz CT molecular complexity index is 544. The van der Waals surface area contributed by atoms with Gasteiger partial charge in [0.1, 0.15) is 5.75 Å². The molecule has 1 fully saturated rings. The van der Waals surface area contributed by atoms with Gasteiger partial charge in [-0.05, 0) is 38.5 Å². The molecule has 1 heterocycles. The molecular weight excluding hydrogens is 270 g/mol. The van der Waals surface area contributed by atoms with Crippen LogP contribution in [0.2, 0.25) is 0 Å². The number of ether oxygens (including phenoxy) is 1. The number of hydrogen-bond acceptors (Lipinski definition) is 3. The maximum absolute atomic E-state index is 12.3. The number of aliphatic carboxylic acids is 1. The predicted molar refractivity (Wildman–Crippen MR) is 78.1 cm³/mol. The van der Waals surface area contributed by atoms with Crippen LogP contribution < -0.4 is 4.74 Å². The highest BCUT2D eigenvalue weighted by atomic mass is 16.5. The van der Waals surface area contributed by atoms with E-state index in [1.807, 2.05) is 32.9 Å². The topological polar surface area (TPSA) is 66.8 Å². The summed E-state index contributed by atoms with van der Waals surface area (Å²) >= 11 is 0. The Morgan fingerprint density at radius 2 is 1.86 bits per heavy atom. The molecular formula is C16H21NO4. The lowest BCUT2D eigenvalue weighted by Crippen LogP contribution is -2.44. The first kappa shape index (κ1) is 15.4. The average Bonchev–Trinajstić information content (AvgIpc) is 2.76. The van der Waals surface area contributed by atoms with Crippen molar-refractivity contribution < 1.29 is 19.4 Å². The third kappa shape index (κ3) is 2.86. The second kappa shape index (κ2) is 5.39. The Morgan fingerprint density at radius 3 is 2.29 bits per heavy atom. The minimum Gasteiger partial charge on any atom is -0.497 e. The normalized spacial score (nSPS) is 22.5. The molecule has 0 radical (unpaired) electrons. The number of nitrogens with zero attached hydrogens (tertiary/aromatic N) is 1. The van der Waals surface area contributed by atoms with E-state index in [1.54, 1.807) is 24.1 Å². The standard InChI is InChI=1S/C16H21NO4/c1-16(2,3)17-13(18)9-12(15(19)20)14(17)10-5-7-11(21-4)8-6-10/h5-8,12,14H,9H2,1-4H3,(H,19,20). The zero-order chi connectivity index (χ0) is 15.8. The molecule has 1 N–H and O–H groups in total. The number of carboxylic acids is 1. The zero-order valence-electron chi connectivity index (χ0n) is 12.8. The summed E-state index contributed by atoms with van der Waals surface area (Å²) < 4.78 is 5.12. The third-order valence-corrected chi connectivity index (χ3v) is 3.82. The van der Waals surface area contributed by atoms with Gasteiger partial charge in [0.15, 0.2) is 0 Å². The van der Waals surface area contributed by atoms with Gasteiger partial charge < -0.3 is 14.7 Å². The Morgan fingerprint density at radius 1 is 1.29 bits per heavy atom. The molecule has 1 amide bonds. The third-order valence-electron chi connectivity index (χ3n) is 3.82. The zero-order valence-corrected chi connectivity index (χ0v) is 12.8. The number of amides is 1. The van der Waals surface area contributed by atoms with Gasteiger partial charge in [0.05, 0.1) is 19.1 Å². The highest BCUT2D eigenvalue weighted by Gasteiger charge is 2.48. The summed E-state index contributed by atoms with van der Waals surface area (Å²) in [7, 11) is 1.58. The van der Waals surface area contributed by atoms with Crippen molar-refractivity contribution in [3.05, 3.63) is 29.8 Å². The Hall–Kier alpha value is -2.04. The highest BCUT2D eigenvalue weighted by Crippen LogP contribution is 2.42. The lowest BCUT2D eigenvalue weighted by atomic mass is 9.91. The smallest absolute Gasteiger partial charge is 0.309 e. The van der Waals surface area contributed by atoms with Crippen molar-refractivity contribution in [1.29, 1.82) is 0 Å². The highest BCUT2D eigenvalue weighted by molar-refractivity contribution is 5.87. The van der Waals surface area contributed by atoms with Crippen LogP contribution in [0.4, 0.5) is 0 Å². The lowest BCUT2D eigenvalue weighted by Gasteiger charge is -2.38. The number of benzene rings is 1. The summed E-state index contributed by atoms with van der Waals surface area (Å²) in [5.41, 5.74) is 0.398. The van der Waals surface area contributed by atoms with E-state index >= 15 is 0 Å². The first-order valence-electron chi connectivity index (χ1n) is 6.94. The van der Waals surface area contributed by atoms with E-state index in [-0.39, 0.29) is 12.3 Å². The van der Waals surface area contributed by atoms with E-state index in [4.69, 9.17) is 4.74 Å². The summed E-state index contributed by atoms with van der Waals surface area (Å²) in [5, 5.41) is 9.44. The molecule has 5 heteroatoms. The summed E-state index contributed by atoms with van der Waals surface area (Å²) in [6.07, 6.45) is 0.0449. The first-order valence-corrected chi connectivity index (χ1v) is 6.94. The van der Waals surface area contributed by atoms with E-state index in [0.717, 1.165) is 5.56 Å². The van der Waals surface area contributed by atoms with Crippen molar-refractivity contribution in [2.24, 2.45) is 5.92 Å². The lowest BCUT2D eigenvalue weighted by molar-refractivity contribution is -0.142. The van der Waals surface area contributed by atoms with Crippen LogP contribution in [-0.4, -0.2) is 34.5 Å². The van der Waals surface area contributed by atoms with Gasteiger partial charge in [-0.3, -0.25) is 9.59 Å². The van der Waals surface area contributed by atoms with E-state index in [9.17, 15) is 14.7 Å². The second-order valence-corrected chi connectivity index (χ2v) is 6.30. The van der Waals surface area contributed by atoms with E-state index < -0.39 is 23.5 Å².